The van der Waals surface area contributed by atoms with Crippen LogP contribution in [0.1, 0.15) is 23.2 Å². The lowest BCUT2D eigenvalue weighted by Gasteiger charge is -2.30. The zero-order valence-electron chi connectivity index (χ0n) is 10.2. The van der Waals surface area contributed by atoms with Crippen LogP contribution < -0.4 is 4.90 Å². The number of carboxylic acid groups (broad SMARTS) is 1. The van der Waals surface area contributed by atoms with Crippen LogP contribution in [-0.2, 0) is 14.3 Å². The number of rotatable bonds is 2. The molecule has 2 bridgehead atoms. The van der Waals surface area contributed by atoms with Gasteiger partial charge in [-0.3, -0.25) is 9.59 Å². The first-order valence-electron chi connectivity index (χ1n) is 6.05. The molecule has 20 heavy (non-hydrogen) atoms. The van der Waals surface area contributed by atoms with E-state index in [-0.39, 0.29) is 11.3 Å². The van der Waals surface area contributed by atoms with Crippen LogP contribution in [-0.4, -0.2) is 35.1 Å². The van der Waals surface area contributed by atoms with Crippen molar-refractivity contribution >= 4 is 39.4 Å². The Labute approximate surface area is 122 Å². The molecule has 7 heteroatoms. The van der Waals surface area contributed by atoms with Gasteiger partial charge in [-0.05, 0) is 31.0 Å². The molecule has 104 valence electrons. The number of hydrogen-bond donors (Lipinski definition) is 1. The predicted octanol–water partition coefficient (Wildman–Crippen LogP) is 1.57. The van der Waals surface area contributed by atoms with Gasteiger partial charge in [-0.15, -0.1) is 0 Å². The minimum atomic E-state index is -1.19. The van der Waals surface area contributed by atoms with Crippen molar-refractivity contribution in [3.05, 3.63) is 28.2 Å². The number of benzene rings is 1. The summed E-state index contributed by atoms with van der Waals surface area (Å²) < 4.78 is 5.90. The first-order chi connectivity index (χ1) is 9.49. The van der Waals surface area contributed by atoms with Crippen LogP contribution in [0.4, 0.5) is 5.69 Å². The number of halogens is 1. The van der Waals surface area contributed by atoms with Gasteiger partial charge in [-0.25, -0.2) is 9.69 Å². The summed E-state index contributed by atoms with van der Waals surface area (Å²) in [5.41, 5.74) is -0.00160. The van der Waals surface area contributed by atoms with E-state index in [2.05, 4.69) is 15.9 Å². The van der Waals surface area contributed by atoms with E-state index in [1.165, 1.54) is 12.1 Å². The number of anilines is 1. The number of fused-ring (bicyclic) bond motifs is 2. The predicted molar refractivity (Wildman–Crippen MR) is 71.5 cm³/mol. The van der Waals surface area contributed by atoms with Crippen LogP contribution in [0.25, 0.3) is 0 Å². The second kappa shape index (κ2) is 4.68. The maximum atomic E-state index is 12.3. The summed E-state index contributed by atoms with van der Waals surface area (Å²) in [5.74, 6) is -2.18. The highest BCUT2D eigenvalue weighted by Crippen LogP contribution is 2.34. The Hall–Kier alpha value is -1.73. The Balaban J connectivity index is 2.12. The molecule has 0 saturated carbocycles. The third-order valence-corrected chi connectivity index (χ3v) is 3.94. The number of amides is 2. The Morgan fingerprint density at radius 1 is 1.25 bits per heavy atom. The molecule has 2 saturated heterocycles. The maximum absolute atomic E-state index is 12.3. The number of carboxylic acids is 1. The van der Waals surface area contributed by atoms with E-state index in [0.717, 1.165) is 4.90 Å². The number of aromatic carboxylic acids is 1. The largest absolute Gasteiger partial charge is 0.478 e. The molecule has 1 N–H and O–H groups in total. The Kier molecular flexibility index (Phi) is 3.10. The van der Waals surface area contributed by atoms with Crippen molar-refractivity contribution in [3.8, 4) is 0 Å². The fourth-order valence-corrected chi connectivity index (χ4v) is 2.85. The molecular weight excluding hydrogens is 330 g/mol. The lowest BCUT2D eigenvalue weighted by atomic mass is 10.1. The molecule has 0 spiro atoms. The van der Waals surface area contributed by atoms with Gasteiger partial charge < -0.3 is 9.84 Å². The first-order valence-corrected chi connectivity index (χ1v) is 6.84. The number of hydrogen-bond acceptors (Lipinski definition) is 4. The van der Waals surface area contributed by atoms with Gasteiger partial charge in [-0.2, -0.15) is 0 Å². The highest BCUT2D eigenvalue weighted by Gasteiger charge is 2.47. The van der Waals surface area contributed by atoms with Gasteiger partial charge in [-0.1, -0.05) is 15.9 Å². The van der Waals surface area contributed by atoms with Crippen molar-refractivity contribution in [3.63, 3.8) is 0 Å². The summed E-state index contributed by atoms with van der Waals surface area (Å²) in [6.45, 7) is 0. The molecule has 2 aliphatic rings. The van der Waals surface area contributed by atoms with Gasteiger partial charge in [0, 0.05) is 4.47 Å². The van der Waals surface area contributed by atoms with Gasteiger partial charge in [0.15, 0.2) is 0 Å². The standard InChI is InChI=1S/C13H10BrNO5/c14-6-1-2-7(13(18)19)8(5-6)15-11(16)9-3-4-10(20-9)12(15)17/h1-2,5,9-10H,3-4H2,(H,18,19). The van der Waals surface area contributed by atoms with Gasteiger partial charge in [0.25, 0.3) is 11.8 Å². The van der Waals surface area contributed by atoms with Crippen molar-refractivity contribution in [1.82, 2.24) is 0 Å². The zero-order chi connectivity index (χ0) is 14.4. The lowest BCUT2D eigenvalue weighted by Crippen LogP contribution is -2.52. The van der Waals surface area contributed by atoms with Crippen LogP contribution in [0.15, 0.2) is 22.7 Å². The van der Waals surface area contributed by atoms with E-state index in [1.54, 1.807) is 6.07 Å². The van der Waals surface area contributed by atoms with Gasteiger partial charge >= 0.3 is 5.97 Å². The second-order valence-corrected chi connectivity index (χ2v) is 5.58. The van der Waals surface area contributed by atoms with Crippen LogP contribution in [0.3, 0.4) is 0 Å². The second-order valence-electron chi connectivity index (χ2n) is 4.67. The van der Waals surface area contributed by atoms with Gasteiger partial charge in [0.2, 0.25) is 0 Å². The average Bonchev–Trinajstić information content (AvgIpc) is 2.83. The zero-order valence-corrected chi connectivity index (χ0v) is 11.8. The molecule has 2 unspecified atom stereocenters. The molecule has 0 aliphatic carbocycles. The molecular formula is C13H10BrNO5. The summed E-state index contributed by atoms with van der Waals surface area (Å²) in [5, 5.41) is 9.21. The fourth-order valence-electron chi connectivity index (χ4n) is 2.51. The molecule has 2 heterocycles. The van der Waals surface area contributed by atoms with Gasteiger partial charge in [0.1, 0.15) is 12.2 Å². The van der Waals surface area contributed by atoms with E-state index >= 15 is 0 Å². The summed E-state index contributed by atoms with van der Waals surface area (Å²) in [7, 11) is 0. The Bertz CT molecular complexity index is 607. The number of carbonyl (C=O) groups excluding carboxylic acids is 2. The SMILES string of the molecule is O=C(O)c1ccc(Br)cc1N1C(=O)C2CCC(O2)C1=O. The number of nitrogens with zero attached hydrogens (tertiary/aromatic N) is 1. The summed E-state index contributed by atoms with van der Waals surface area (Å²) in [6.07, 6.45) is -0.332. The summed E-state index contributed by atoms with van der Waals surface area (Å²) in [4.78, 5) is 36.7. The molecule has 3 rings (SSSR count). The topological polar surface area (TPSA) is 83.9 Å². The molecule has 6 nitrogen and oxygen atoms in total. The van der Waals surface area contributed by atoms with Crippen LogP contribution in [0, 0.1) is 0 Å². The molecule has 1 aromatic carbocycles. The van der Waals surface area contributed by atoms with Crippen LogP contribution in [0.2, 0.25) is 0 Å². The Morgan fingerprint density at radius 2 is 1.85 bits per heavy atom. The van der Waals surface area contributed by atoms with Crippen molar-refractivity contribution in [2.75, 3.05) is 4.90 Å². The molecule has 0 radical (unpaired) electrons. The monoisotopic (exact) mass is 339 g/mol. The van der Waals surface area contributed by atoms with Crippen molar-refractivity contribution in [1.29, 1.82) is 0 Å². The minimum Gasteiger partial charge on any atom is -0.478 e. The third-order valence-electron chi connectivity index (χ3n) is 3.44. The average molecular weight is 340 g/mol. The smallest absolute Gasteiger partial charge is 0.337 e. The molecule has 0 aromatic heterocycles. The van der Waals surface area contributed by atoms with E-state index in [9.17, 15) is 19.5 Å². The van der Waals surface area contributed by atoms with Gasteiger partial charge in [0.05, 0.1) is 11.3 Å². The first kappa shape index (κ1) is 13.3. The molecule has 1 aromatic rings. The number of morpholine rings is 1. The third kappa shape index (κ3) is 1.94. The van der Waals surface area contributed by atoms with Crippen molar-refractivity contribution in [2.45, 2.75) is 25.0 Å². The summed E-state index contributed by atoms with van der Waals surface area (Å²) >= 11 is 3.22. The minimum absolute atomic E-state index is 0.0853. The number of carbonyl (C=O) groups is 3. The fraction of sp³-hybridized carbons (Fsp3) is 0.308. The van der Waals surface area contributed by atoms with E-state index in [0.29, 0.717) is 17.3 Å². The molecule has 2 amide bonds. The van der Waals surface area contributed by atoms with Crippen molar-refractivity contribution in [2.24, 2.45) is 0 Å². The molecule has 2 fully saturated rings. The van der Waals surface area contributed by atoms with E-state index < -0.39 is 30.0 Å². The highest BCUT2D eigenvalue weighted by molar-refractivity contribution is 9.10. The van der Waals surface area contributed by atoms with E-state index in [1.807, 2.05) is 0 Å². The van der Waals surface area contributed by atoms with E-state index in [4.69, 9.17) is 4.74 Å². The lowest BCUT2D eigenvalue weighted by molar-refractivity contribution is -0.146. The Morgan fingerprint density at radius 3 is 2.40 bits per heavy atom. The van der Waals surface area contributed by atoms with Crippen molar-refractivity contribution < 1.29 is 24.2 Å². The van der Waals surface area contributed by atoms with Crippen LogP contribution in [0.5, 0.6) is 0 Å². The normalized spacial score (nSPS) is 25.1. The maximum Gasteiger partial charge on any atom is 0.337 e. The summed E-state index contributed by atoms with van der Waals surface area (Å²) in [6, 6.07) is 4.38. The molecule has 2 aliphatic heterocycles. The number of imide groups is 1. The quantitative estimate of drug-likeness (QED) is 0.826. The highest BCUT2D eigenvalue weighted by atomic mass is 79.9. The van der Waals surface area contributed by atoms with Crippen LogP contribution >= 0.6 is 15.9 Å². The number of ether oxygens (including phenoxy) is 1. The molecule has 2 atom stereocenters.